The van der Waals surface area contributed by atoms with Gasteiger partial charge in [0.25, 0.3) is 0 Å². The lowest BCUT2D eigenvalue weighted by atomic mass is 10.1. The molecule has 0 aromatic heterocycles. The van der Waals surface area contributed by atoms with Gasteiger partial charge >= 0.3 is 11.9 Å². The first-order valence-electron chi connectivity index (χ1n) is 8.95. The zero-order chi connectivity index (χ0) is 22.1. The highest BCUT2D eigenvalue weighted by molar-refractivity contribution is 7.80. The molecule has 13 heteroatoms. The first-order valence-corrected chi connectivity index (χ1v) is 10.2. The Morgan fingerprint density at radius 3 is 2.14 bits per heavy atom. The molecule has 0 spiro atoms. The minimum Gasteiger partial charge on any atom is -0.481 e. The number of carboxylic acid groups (broad SMARTS) is 2. The van der Waals surface area contributed by atoms with Gasteiger partial charge in [0.1, 0.15) is 18.1 Å². The predicted molar refractivity (Wildman–Crippen MR) is 109 cm³/mol. The molecular formula is C16H26N4O7S2. The first kappa shape index (κ1) is 25.0. The molecule has 0 saturated carbocycles. The summed E-state index contributed by atoms with van der Waals surface area (Å²) in [6, 6.07) is -4.27. The second kappa shape index (κ2) is 11.9. The molecule has 0 radical (unpaired) electrons. The van der Waals surface area contributed by atoms with Crippen molar-refractivity contribution in [2.24, 2.45) is 5.73 Å². The van der Waals surface area contributed by atoms with Crippen LogP contribution in [0.15, 0.2) is 0 Å². The van der Waals surface area contributed by atoms with Crippen LogP contribution in [0.1, 0.15) is 25.7 Å². The Morgan fingerprint density at radius 2 is 1.62 bits per heavy atom. The van der Waals surface area contributed by atoms with Crippen molar-refractivity contribution in [2.45, 2.75) is 49.9 Å². The van der Waals surface area contributed by atoms with Crippen LogP contribution in [0.4, 0.5) is 0 Å². The highest BCUT2D eigenvalue weighted by atomic mass is 32.1. The molecule has 1 aliphatic rings. The number of aliphatic carboxylic acids is 2. The number of nitrogens with two attached hydrogens (primary N) is 1. The highest BCUT2D eigenvalue weighted by Gasteiger charge is 2.37. The van der Waals surface area contributed by atoms with E-state index in [2.05, 4.69) is 35.9 Å². The fraction of sp³-hybridized carbons (Fsp3) is 0.688. The number of carbonyl (C=O) groups excluding carboxylic acids is 3. The number of rotatable bonds is 11. The SMILES string of the molecule is NC(CCC(=O)O)C(=O)NC(CS)C(=O)NC(CS)C(=O)N1CCCC1C(=O)O. The van der Waals surface area contributed by atoms with Crippen LogP contribution in [-0.2, 0) is 24.0 Å². The lowest BCUT2D eigenvalue weighted by Crippen LogP contribution is -2.58. The zero-order valence-corrected chi connectivity index (χ0v) is 17.4. The maximum absolute atomic E-state index is 12.6. The second-order valence-electron chi connectivity index (χ2n) is 6.55. The summed E-state index contributed by atoms with van der Waals surface area (Å²) in [6.45, 7) is 0.265. The van der Waals surface area contributed by atoms with Crippen molar-refractivity contribution in [2.75, 3.05) is 18.1 Å². The minimum atomic E-state index is -1.12. The van der Waals surface area contributed by atoms with Gasteiger partial charge in [0.2, 0.25) is 17.7 Å². The third kappa shape index (κ3) is 7.40. The summed E-state index contributed by atoms with van der Waals surface area (Å²) in [5.41, 5.74) is 5.61. The number of likely N-dealkylation sites (tertiary alicyclic amines) is 1. The fourth-order valence-corrected chi connectivity index (χ4v) is 3.33. The number of nitrogens with one attached hydrogen (secondary N) is 2. The predicted octanol–water partition coefficient (Wildman–Crippen LogP) is -1.92. The van der Waals surface area contributed by atoms with Gasteiger partial charge in [-0.15, -0.1) is 0 Å². The standard InChI is InChI=1S/C16H26N4O7S2/c17-8(3-4-12(21)22)13(23)18-9(6-28)14(24)19-10(7-29)15(25)20-5-1-2-11(20)16(26)27/h8-11,28-29H,1-7,17H2,(H,18,23)(H,19,24)(H,21,22)(H,26,27). The summed E-state index contributed by atoms with van der Waals surface area (Å²) in [4.78, 5) is 60.2. The molecule has 0 aromatic carbocycles. The molecule has 29 heavy (non-hydrogen) atoms. The average Bonchev–Trinajstić information content (AvgIpc) is 3.17. The van der Waals surface area contributed by atoms with Crippen LogP contribution < -0.4 is 16.4 Å². The van der Waals surface area contributed by atoms with Gasteiger partial charge in [-0.2, -0.15) is 25.3 Å². The van der Waals surface area contributed by atoms with Crippen LogP contribution in [-0.4, -0.2) is 87.0 Å². The third-order valence-corrected chi connectivity index (χ3v) is 5.17. The molecule has 11 nitrogen and oxygen atoms in total. The number of nitrogens with zero attached hydrogens (tertiary/aromatic N) is 1. The van der Waals surface area contributed by atoms with Gasteiger partial charge in [0, 0.05) is 24.5 Å². The molecular weight excluding hydrogens is 424 g/mol. The molecule has 1 fully saturated rings. The van der Waals surface area contributed by atoms with Crippen LogP contribution in [0.2, 0.25) is 0 Å². The van der Waals surface area contributed by atoms with Crippen LogP contribution in [0, 0.1) is 0 Å². The van der Waals surface area contributed by atoms with Crippen LogP contribution in [0.25, 0.3) is 0 Å². The molecule has 4 unspecified atom stereocenters. The largest absolute Gasteiger partial charge is 0.481 e. The average molecular weight is 451 g/mol. The molecule has 0 bridgehead atoms. The maximum atomic E-state index is 12.6. The highest BCUT2D eigenvalue weighted by Crippen LogP contribution is 2.18. The third-order valence-electron chi connectivity index (χ3n) is 4.44. The molecule has 0 aliphatic carbocycles. The van der Waals surface area contributed by atoms with Crippen molar-refractivity contribution in [1.82, 2.24) is 15.5 Å². The van der Waals surface area contributed by atoms with E-state index in [1.54, 1.807) is 0 Å². The molecule has 1 heterocycles. The molecule has 4 atom stereocenters. The van der Waals surface area contributed by atoms with Crippen molar-refractivity contribution in [3.8, 4) is 0 Å². The molecule has 6 N–H and O–H groups in total. The zero-order valence-electron chi connectivity index (χ0n) is 15.6. The van der Waals surface area contributed by atoms with E-state index in [-0.39, 0.29) is 30.9 Å². The second-order valence-corrected chi connectivity index (χ2v) is 7.28. The van der Waals surface area contributed by atoms with E-state index in [9.17, 15) is 29.1 Å². The first-order chi connectivity index (χ1) is 13.6. The number of carboxylic acids is 2. The van der Waals surface area contributed by atoms with Gasteiger partial charge in [-0.05, 0) is 19.3 Å². The summed E-state index contributed by atoms with van der Waals surface area (Å²) >= 11 is 8.07. The van der Waals surface area contributed by atoms with Crippen molar-refractivity contribution < 1.29 is 34.2 Å². The molecule has 1 aliphatic heterocycles. The number of carbonyl (C=O) groups is 5. The fourth-order valence-electron chi connectivity index (χ4n) is 2.83. The summed E-state index contributed by atoms with van der Waals surface area (Å²) in [6.07, 6.45) is 0.464. The van der Waals surface area contributed by atoms with Gasteiger partial charge < -0.3 is 31.5 Å². The maximum Gasteiger partial charge on any atom is 0.326 e. The Hall–Kier alpha value is -1.99. The van der Waals surface area contributed by atoms with Crippen molar-refractivity contribution in [3.05, 3.63) is 0 Å². The Morgan fingerprint density at radius 1 is 1.03 bits per heavy atom. The van der Waals surface area contributed by atoms with E-state index >= 15 is 0 Å². The minimum absolute atomic E-state index is 0.0707. The van der Waals surface area contributed by atoms with Gasteiger partial charge in [-0.3, -0.25) is 19.2 Å². The topological polar surface area (TPSA) is 179 Å². The monoisotopic (exact) mass is 450 g/mol. The number of hydrogen-bond acceptors (Lipinski definition) is 8. The molecule has 1 rings (SSSR count). The van der Waals surface area contributed by atoms with Gasteiger partial charge in [-0.25, -0.2) is 4.79 Å². The Labute approximate surface area is 178 Å². The summed E-state index contributed by atoms with van der Waals surface area (Å²) in [5, 5.41) is 22.7. The van der Waals surface area contributed by atoms with Crippen molar-refractivity contribution in [3.63, 3.8) is 0 Å². The summed E-state index contributed by atoms with van der Waals surface area (Å²) in [5.74, 6) is -4.39. The quantitative estimate of drug-likeness (QED) is 0.178. The lowest BCUT2D eigenvalue weighted by Gasteiger charge is -2.27. The van der Waals surface area contributed by atoms with E-state index in [1.165, 1.54) is 4.90 Å². The summed E-state index contributed by atoms with van der Waals surface area (Å²) < 4.78 is 0. The molecule has 1 saturated heterocycles. The van der Waals surface area contributed by atoms with Gasteiger partial charge in [0.05, 0.1) is 6.04 Å². The lowest BCUT2D eigenvalue weighted by molar-refractivity contribution is -0.149. The Balaban J connectivity index is 2.71. The summed E-state index contributed by atoms with van der Waals surface area (Å²) in [7, 11) is 0. The van der Waals surface area contributed by atoms with E-state index in [0.29, 0.717) is 12.8 Å². The van der Waals surface area contributed by atoms with Gasteiger partial charge in [0.15, 0.2) is 0 Å². The van der Waals surface area contributed by atoms with E-state index in [1.807, 2.05) is 0 Å². The Kier molecular flexibility index (Phi) is 10.3. The van der Waals surface area contributed by atoms with Gasteiger partial charge in [-0.1, -0.05) is 0 Å². The van der Waals surface area contributed by atoms with E-state index in [4.69, 9.17) is 10.8 Å². The smallest absolute Gasteiger partial charge is 0.326 e. The van der Waals surface area contributed by atoms with Crippen molar-refractivity contribution >= 4 is 54.9 Å². The number of amides is 3. The molecule has 164 valence electrons. The normalized spacial score (nSPS) is 19.1. The number of thiol groups is 2. The molecule has 0 aromatic rings. The van der Waals surface area contributed by atoms with Crippen LogP contribution >= 0.6 is 25.3 Å². The number of hydrogen-bond donors (Lipinski definition) is 7. The van der Waals surface area contributed by atoms with Crippen molar-refractivity contribution in [1.29, 1.82) is 0 Å². The van der Waals surface area contributed by atoms with E-state index < -0.39 is 53.8 Å². The van der Waals surface area contributed by atoms with E-state index in [0.717, 1.165) is 0 Å². The van der Waals surface area contributed by atoms with Crippen LogP contribution in [0.5, 0.6) is 0 Å². The van der Waals surface area contributed by atoms with Crippen LogP contribution in [0.3, 0.4) is 0 Å². The molecule has 3 amide bonds. The Bertz CT molecular complexity index is 649.